The zero-order chi connectivity index (χ0) is 27.3. The molecule has 3 fully saturated rings. The van der Waals surface area contributed by atoms with Crippen molar-refractivity contribution in [1.29, 1.82) is 0 Å². The molecule has 1 aliphatic carbocycles. The number of nitrogens with zero attached hydrogens (tertiary/aromatic N) is 4. The summed E-state index contributed by atoms with van der Waals surface area (Å²) in [6, 6.07) is 11.7. The predicted molar refractivity (Wildman–Crippen MR) is 154 cm³/mol. The van der Waals surface area contributed by atoms with E-state index in [-0.39, 0.29) is 22.7 Å². The van der Waals surface area contributed by atoms with E-state index in [2.05, 4.69) is 28.2 Å². The van der Waals surface area contributed by atoms with E-state index in [4.69, 9.17) is 4.98 Å². The molecule has 2 aromatic carbocycles. The Labute approximate surface area is 232 Å². The molecule has 0 radical (unpaired) electrons. The Morgan fingerprint density at radius 3 is 2.15 bits per heavy atom. The smallest absolute Gasteiger partial charge is 0.175 e. The van der Waals surface area contributed by atoms with Gasteiger partial charge in [0.25, 0.3) is 0 Å². The monoisotopic (exact) mass is 552 g/mol. The third kappa shape index (κ3) is 5.52. The van der Waals surface area contributed by atoms with Crippen LogP contribution in [0.3, 0.4) is 0 Å². The quantitative estimate of drug-likeness (QED) is 0.366. The van der Waals surface area contributed by atoms with E-state index in [0.717, 1.165) is 61.6 Å². The number of fused-ring (bicyclic) bond motifs is 1. The normalized spacial score (nSPS) is 20.8. The van der Waals surface area contributed by atoms with Gasteiger partial charge in [-0.05, 0) is 112 Å². The number of sulfone groups is 1. The number of likely N-dealkylation sites (tertiary alicyclic amines) is 2. The second kappa shape index (κ2) is 10.6. The van der Waals surface area contributed by atoms with E-state index in [9.17, 15) is 8.42 Å². The fourth-order valence-corrected chi connectivity index (χ4v) is 7.41. The third-order valence-corrected chi connectivity index (χ3v) is 10.1. The first-order valence-electron chi connectivity index (χ1n) is 14.7. The highest BCUT2D eigenvalue weighted by Gasteiger charge is 2.33. The number of piperidine rings is 2. The van der Waals surface area contributed by atoms with E-state index in [1.54, 1.807) is 24.3 Å². The lowest BCUT2D eigenvalue weighted by Crippen LogP contribution is -2.48. The van der Waals surface area contributed by atoms with Crippen LogP contribution in [-0.2, 0) is 9.84 Å². The molecule has 0 amide bonds. The molecule has 210 valence electrons. The molecule has 3 heterocycles. The fourth-order valence-electron chi connectivity index (χ4n) is 6.78. The Kier molecular flexibility index (Phi) is 7.31. The Morgan fingerprint density at radius 2 is 1.56 bits per heavy atom. The maximum Gasteiger partial charge on any atom is 0.175 e. The Balaban J connectivity index is 1.21. The highest BCUT2D eigenvalue weighted by atomic mass is 32.2. The molecule has 0 N–H and O–H groups in total. The van der Waals surface area contributed by atoms with Crippen molar-refractivity contribution in [3.63, 3.8) is 0 Å². The molecule has 1 saturated carbocycles. The van der Waals surface area contributed by atoms with Gasteiger partial charge in [0.1, 0.15) is 11.3 Å². The average molecular weight is 553 g/mol. The number of benzene rings is 2. The van der Waals surface area contributed by atoms with Crippen molar-refractivity contribution in [1.82, 2.24) is 19.4 Å². The van der Waals surface area contributed by atoms with Crippen LogP contribution in [0, 0.1) is 11.7 Å². The summed E-state index contributed by atoms with van der Waals surface area (Å²) in [5.74, 6) is 1.55. The molecular weight excluding hydrogens is 511 g/mol. The van der Waals surface area contributed by atoms with Crippen molar-refractivity contribution < 1.29 is 12.8 Å². The fraction of sp³-hybridized carbons (Fsp3) is 0.581. The molecule has 3 aliphatic rings. The highest BCUT2D eigenvalue weighted by Crippen LogP contribution is 2.43. The summed E-state index contributed by atoms with van der Waals surface area (Å²) in [4.78, 5) is 10.4. The lowest BCUT2D eigenvalue weighted by molar-refractivity contribution is 0.0825. The summed E-state index contributed by atoms with van der Waals surface area (Å²) in [5.41, 5.74) is 2.93. The van der Waals surface area contributed by atoms with E-state index in [0.29, 0.717) is 17.1 Å². The molecule has 3 aromatic rings. The Hall–Kier alpha value is -2.29. The van der Waals surface area contributed by atoms with Gasteiger partial charge in [-0.1, -0.05) is 19.9 Å². The van der Waals surface area contributed by atoms with Crippen molar-refractivity contribution in [2.75, 3.05) is 39.0 Å². The SMILES string of the molecule is CC(C)CN1CCC(N2CCC(c3ccc4nc(-c5ccc(S(C)(=O)=O)cc5)n(C5CC5)c4c3F)CC2)CC1. The van der Waals surface area contributed by atoms with Crippen LogP contribution in [0.15, 0.2) is 41.3 Å². The van der Waals surface area contributed by atoms with Crippen molar-refractivity contribution in [2.24, 2.45) is 5.92 Å². The van der Waals surface area contributed by atoms with Crippen molar-refractivity contribution >= 4 is 20.9 Å². The Morgan fingerprint density at radius 1 is 0.897 bits per heavy atom. The van der Waals surface area contributed by atoms with Gasteiger partial charge in [-0.25, -0.2) is 17.8 Å². The van der Waals surface area contributed by atoms with Crippen LogP contribution in [0.1, 0.15) is 69.9 Å². The zero-order valence-electron chi connectivity index (χ0n) is 23.4. The maximum absolute atomic E-state index is 16.3. The standard InChI is InChI=1S/C31H41FN4O2S/c1-21(2)20-34-16-14-24(15-17-34)35-18-12-22(13-19-35)27-10-11-28-30(29(27)32)36(25-6-7-25)31(33-28)23-4-8-26(9-5-23)39(3,37)38/h4-5,8-11,21-22,24-25H,6-7,12-20H2,1-3H3. The first-order chi connectivity index (χ1) is 18.7. The van der Waals surface area contributed by atoms with Crippen molar-refractivity contribution in [3.05, 3.63) is 47.8 Å². The average Bonchev–Trinajstić information content (AvgIpc) is 3.68. The summed E-state index contributed by atoms with van der Waals surface area (Å²) in [6.45, 7) is 10.3. The summed E-state index contributed by atoms with van der Waals surface area (Å²) in [5, 5.41) is 0. The first-order valence-corrected chi connectivity index (χ1v) is 16.6. The van der Waals surface area contributed by atoms with Gasteiger partial charge in [-0.2, -0.15) is 0 Å². The van der Waals surface area contributed by atoms with Gasteiger partial charge in [-0.3, -0.25) is 0 Å². The number of rotatable bonds is 7. The van der Waals surface area contributed by atoms with Gasteiger partial charge in [0.2, 0.25) is 0 Å². The molecule has 0 unspecified atom stereocenters. The second-order valence-corrected chi connectivity index (χ2v) is 14.4. The minimum atomic E-state index is -3.28. The van der Waals surface area contributed by atoms with Gasteiger partial charge in [0.15, 0.2) is 15.7 Å². The third-order valence-electron chi connectivity index (χ3n) is 8.94. The number of hydrogen-bond donors (Lipinski definition) is 0. The second-order valence-electron chi connectivity index (χ2n) is 12.4. The molecular formula is C31H41FN4O2S. The predicted octanol–water partition coefficient (Wildman–Crippen LogP) is 5.88. The van der Waals surface area contributed by atoms with Gasteiger partial charge >= 0.3 is 0 Å². The topological polar surface area (TPSA) is 58.4 Å². The first kappa shape index (κ1) is 26.9. The van der Waals surface area contributed by atoms with Crippen LogP contribution in [0.4, 0.5) is 4.39 Å². The highest BCUT2D eigenvalue weighted by molar-refractivity contribution is 7.90. The van der Waals surface area contributed by atoms with Gasteiger partial charge in [0, 0.05) is 30.4 Å². The minimum Gasteiger partial charge on any atom is -0.318 e. The molecule has 0 spiro atoms. The molecule has 1 aromatic heterocycles. The number of aromatic nitrogens is 2. The molecule has 2 aliphatic heterocycles. The lowest BCUT2D eigenvalue weighted by Gasteiger charge is -2.42. The van der Waals surface area contributed by atoms with Gasteiger partial charge in [-0.15, -0.1) is 0 Å². The van der Waals surface area contributed by atoms with Crippen LogP contribution < -0.4 is 0 Å². The molecule has 39 heavy (non-hydrogen) atoms. The molecule has 6 nitrogen and oxygen atoms in total. The Bertz CT molecular complexity index is 1430. The summed E-state index contributed by atoms with van der Waals surface area (Å²) in [6.07, 6.45) is 7.70. The summed E-state index contributed by atoms with van der Waals surface area (Å²) in [7, 11) is -3.28. The van der Waals surface area contributed by atoms with E-state index >= 15 is 4.39 Å². The number of hydrogen-bond acceptors (Lipinski definition) is 5. The molecule has 0 bridgehead atoms. The minimum absolute atomic E-state index is 0.119. The van der Waals surface area contributed by atoms with Crippen LogP contribution >= 0.6 is 0 Å². The zero-order valence-corrected chi connectivity index (χ0v) is 24.3. The van der Waals surface area contributed by atoms with Gasteiger partial charge < -0.3 is 14.4 Å². The van der Waals surface area contributed by atoms with Crippen LogP contribution in [0.25, 0.3) is 22.4 Å². The molecule has 8 heteroatoms. The number of halogens is 1. The van der Waals surface area contributed by atoms with Crippen LogP contribution in [-0.4, -0.2) is 72.8 Å². The van der Waals surface area contributed by atoms with E-state index in [1.165, 1.54) is 38.7 Å². The summed E-state index contributed by atoms with van der Waals surface area (Å²) >= 11 is 0. The van der Waals surface area contributed by atoms with E-state index < -0.39 is 9.84 Å². The molecule has 6 rings (SSSR count). The van der Waals surface area contributed by atoms with Gasteiger partial charge in [0.05, 0.1) is 10.4 Å². The summed E-state index contributed by atoms with van der Waals surface area (Å²) < 4.78 is 42.2. The molecule has 2 saturated heterocycles. The van der Waals surface area contributed by atoms with E-state index in [1.807, 2.05) is 12.1 Å². The lowest BCUT2D eigenvalue weighted by atomic mass is 9.87. The van der Waals surface area contributed by atoms with Crippen LogP contribution in [0.2, 0.25) is 0 Å². The maximum atomic E-state index is 16.3. The van der Waals surface area contributed by atoms with Crippen molar-refractivity contribution in [3.8, 4) is 11.4 Å². The largest absolute Gasteiger partial charge is 0.318 e. The van der Waals surface area contributed by atoms with Crippen molar-refractivity contribution in [2.45, 2.75) is 75.3 Å². The number of imidazole rings is 1. The molecule has 0 atom stereocenters. The van der Waals surface area contributed by atoms with Crippen LogP contribution in [0.5, 0.6) is 0 Å².